The molecule has 0 aliphatic heterocycles. The van der Waals surface area contributed by atoms with Gasteiger partial charge in [0.15, 0.2) is 0 Å². The van der Waals surface area contributed by atoms with Crippen LogP contribution in [0.1, 0.15) is 36.6 Å². The summed E-state index contributed by atoms with van der Waals surface area (Å²) in [5, 5.41) is 6.45. The summed E-state index contributed by atoms with van der Waals surface area (Å²) in [5.41, 5.74) is 2.38. The minimum absolute atomic E-state index is 0.0574. The van der Waals surface area contributed by atoms with Crippen LogP contribution in [0.5, 0.6) is 0 Å². The molecule has 0 radical (unpaired) electrons. The molecule has 0 saturated heterocycles. The molecular formula is C19H22N2OS. The Morgan fingerprint density at radius 3 is 2.83 bits per heavy atom. The first kappa shape index (κ1) is 15.8. The molecule has 23 heavy (non-hydrogen) atoms. The minimum Gasteiger partial charge on any atom is -0.361 e. The van der Waals surface area contributed by atoms with E-state index in [9.17, 15) is 4.79 Å². The lowest BCUT2D eigenvalue weighted by atomic mass is 9.96. The molecule has 2 atom stereocenters. The van der Waals surface area contributed by atoms with Gasteiger partial charge in [-0.1, -0.05) is 38.1 Å². The van der Waals surface area contributed by atoms with Crippen molar-refractivity contribution in [3.63, 3.8) is 0 Å². The number of para-hydroxylation sites is 1. The topological polar surface area (TPSA) is 44.9 Å². The second-order valence-corrected chi connectivity index (χ2v) is 6.89. The van der Waals surface area contributed by atoms with Crippen LogP contribution >= 0.6 is 11.3 Å². The average Bonchev–Trinajstić information content (AvgIpc) is 3.24. The number of hydrogen-bond donors (Lipinski definition) is 2. The molecular weight excluding hydrogens is 304 g/mol. The van der Waals surface area contributed by atoms with E-state index in [0.29, 0.717) is 6.54 Å². The summed E-state index contributed by atoms with van der Waals surface area (Å²) in [6.45, 7) is 4.65. The van der Waals surface area contributed by atoms with Gasteiger partial charge in [0.1, 0.15) is 0 Å². The monoisotopic (exact) mass is 326 g/mol. The van der Waals surface area contributed by atoms with Crippen molar-refractivity contribution in [1.29, 1.82) is 0 Å². The molecule has 0 spiro atoms. The van der Waals surface area contributed by atoms with E-state index in [-0.39, 0.29) is 17.7 Å². The summed E-state index contributed by atoms with van der Waals surface area (Å²) in [5.74, 6) is 0.370. The number of amides is 1. The van der Waals surface area contributed by atoms with E-state index in [4.69, 9.17) is 0 Å². The molecule has 0 aliphatic carbocycles. The third-order valence-electron chi connectivity index (χ3n) is 4.42. The van der Waals surface area contributed by atoms with Crippen molar-refractivity contribution in [3.05, 3.63) is 58.4 Å². The van der Waals surface area contributed by atoms with Gasteiger partial charge in [0.2, 0.25) is 5.91 Å². The molecule has 0 unspecified atom stereocenters. The van der Waals surface area contributed by atoms with Crippen molar-refractivity contribution in [2.45, 2.75) is 26.2 Å². The number of nitrogens with one attached hydrogen (secondary N) is 2. The predicted molar refractivity (Wildman–Crippen MR) is 96.9 cm³/mol. The van der Waals surface area contributed by atoms with Gasteiger partial charge in [-0.2, -0.15) is 0 Å². The highest BCUT2D eigenvalue weighted by Crippen LogP contribution is 2.32. The molecule has 3 aromatic rings. The normalized spacial score (nSPS) is 13.8. The van der Waals surface area contributed by atoms with E-state index >= 15 is 0 Å². The Morgan fingerprint density at radius 1 is 1.26 bits per heavy atom. The van der Waals surface area contributed by atoms with Crippen LogP contribution in [0.25, 0.3) is 10.9 Å². The Kier molecular flexibility index (Phi) is 4.82. The van der Waals surface area contributed by atoms with Crippen LogP contribution in [0, 0.1) is 5.92 Å². The van der Waals surface area contributed by atoms with Gasteiger partial charge in [0, 0.05) is 40.4 Å². The van der Waals surface area contributed by atoms with Crippen molar-refractivity contribution in [2.75, 3.05) is 6.54 Å². The van der Waals surface area contributed by atoms with Gasteiger partial charge in [-0.05, 0) is 29.5 Å². The summed E-state index contributed by atoms with van der Waals surface area (Å²) < 4.78 is 0. The third-order valence-corrected chi connectivity index (χ3v) is 5.41. The van der Waals surface area contributed by atoms with Crippen LogP contribution in [-0.2, 0) is 4.79 Å². The maximum absolute atomic E-state index is 12.2. The fraction of sp³-hybridized carbons (Fsp3) is 0.316. The van der Waals surface area contributed by atoms with Gasteiger partial charge < -0.3 is 10.3 Å². The highest BCUT2D eigenvalue weighted by molar-refractivity contribution is 7.10. The number of H-pyrrole nitrogens is 1. The number of rotatable bonds is 6. The molecule has 0 bridgehead atoms. The fourth-order valence-electron chi connectivity index (χ4n) is 2.80. The molecule has 2 aromatic heterocycles. The number of aromatic nitrogens is 1. The molecule has 0 fully saturated rings. The van der Waals surface area contributed by atoms with Crippen molar-refractivity contribution in [2.24, 2.45) is 5.92 Å². The van der Waals surface area contributed by atoms with E-state index in [1.807, 2.05) is 19.9 Å². The van der Waals surface area contributed by atoms with E-state index < -0.39 is 0 Å². The number of thiophene rings is 1. The third kappa shape index (κ3) is 3.32. The van der Waals surface area contributed by atoms with E-state index in [1.165, 1.54) is 15.8 Å². The van der Waals surface area contributed by atoms with Crippen LogP contribution in [-0.4, -0.2) is 17.4 Å². The summed E-state index contributed by atoms with van der Waals surface area (Å²) in [6, 6.07) is 12.5. The predicted octanol–water partition coefficient (Wildman–Crippen LogP) is 4.52. The molecule has 120 valence electrons. The second kappa shape index (κ2) is 7.01. The second-order valence-electron chi connectivity index (χ2n) is 5.91. The van der Waals surface area contributed by atoms with Crippen LogP contribution in [0.2, 0.25) is 0 Å². The zero-order valence-corrected chi connectivity index (χ0v) is 14.3. The number of carbonyl (C=O) groups excluding carboxylic acids is 1. The molecule has 3 nitrogen and oxygen atoms in total. The quantitative estimate of drug-likeness (QED) is 0.687. The van der Waals surface area contributed by atoms with Crippen molar-refractivity contribution >= 4 is 28.1 Å². The van der Waals surface area contributed by atoms with Gasteiger partial charge in [-0.25, -0.2) is 0 Å². The Bertz CT molecular complexity index is 776. The molecule has 0 aliphatic rings. The summed E-state index contributed by atoms with van der Waals surface area (Å²) in [7, 11) is 0. The van der Waals surface area contributed by atoms with Crippen LogP contribution < -0.4 is 5.32 Å². The van der Waals surface area contributed by atoms with Gasteiger partial charge >= 0.3 is 0 Å². The Labute approximate surface area is 140 Å². The summed E-state index contributed by atoms with van der Waals surface area (Å²) >= 11 is 1.74. The Hall–Kier alpha value is -2.07. The maximum Gasteiger partial charge on any atom is 0.222 e. The molecule has 2 N–H and O–H groups in total. The lowest BCUT2D eigenvalue weighted by Crippen LogP contribution is -2.32. The first-order valence-corrected chi connectivity index (χ1v) is 8.95. The van der Waals surface area contributed by atoms with E-state index in [0.717, 1.165) is 11.9 Å². The smallest absolute Gasteiger partial charge is 0.222 e. The first-order chi connectivity index (χ1) is 11.2. The van der Waals surface area contributed by atoms with Crippen molar-refractivity contribution < 1.29 is 4.79 Å². The molecule has 1 aromatic carbocycles. The highest BCUT2D eigenvalue weighted by atomic mass is 32.1. The van der Waals surface area contributed by atoms with Gasteiger partial charge in [0.25, 0.3) is 0 Å². The van der Waals surface area contributed by atoms with Gasteiger partial charge in [0.05, 0.1) is 0 Å². The number of aromatic amines is 1. The molecule has 4 heteroatoms. The fourth-order valence-corrected chi connectivity index (χ4v) is 3.64. The SMILES string of the molecule is CC[C@@H](C)C(=O)NC[C@@H](c1cccs1)c1c[nH]c2ccccc12. The van der Waals surface area contributed by atoms with Crippen LogP contribution in [0.3, 0.4) is 0 Å². The van der Waals surface area contributed by atoms with Crippen molar-refractivity contribution in [3.8, 4) is 0 Å². The average molecular weight is 326 g/mol. The van der Waals surface area contributed by atoms with Crippen LogP contribution in [0.4, 0.5) is 0 Å². The minimum atomic E-state index is 0.0574. The van der Waals surface area contributed by atoms with Gasteiger partial charge in [-0.3, -0.25) is 4.79 Å². The van der Waals surface area contributed by atoms with Crippen molar-refractivity contribution in [1.82, 2.24) is 10.3 Å². The van der Waals surface area contributed by atoms with Crippen LogP contribution in [0.15, 0.2) is 48.0 Å². The zero-order valence-electron chi connectivity index (χ0n) is 13.5. The lowest BCUT2D eigenvalue weighted by molar-refractivity contribution is -0.124. The Morgan fingerprint density at radius 2 is 2.09 bits per heavy atom. The largest absolute Gasteiger partial charge is 0.361 e. The lowest BCUT2D eigenvalue weighted by Gasteiger charge is -2.18. The number of benzene rings is 1. The highest BCUT2D eigenvalue weighted by Gasteiger charge is 2.20. The molecule has 1 amide bonds. The molecule has 0 saturated carbocycles. The van der Waals surface area contributed by atoms with Gasteiger partial charge in [-0.15, -0.1) is 11.3 Å². The maximum atomic E-state index is 12.2. The summed E-state index contributed by atoms with van der Waals surface area (Å²) in [6.07, 6.45) is 2.94. The standard InChI is InChI=1S/C19H22N2OS/c1-3-13(2)19(22)21-12-16(18-9-6-10-23-18)15-11-20-17-8-5-4-7-14(15)17/h4-11,13,16,20H,3,12H2,1-2H3,(H,21,22)/t13-,16-/m1/s1. The first-order valence-electron chi connectivity index (χ1n) is 8.07. The molecule has 3 rings (SSSR count). The number of hydrogen-bond acceptors (Lipinski definition) is 2. The number of fused-ring (bicyclic) bond motifs is 1. The number of carbonyl (C=O) groups is 1. The van der Waals surface area contributed by atoms with E-state index in [1.54, 1.807) is 11.3 Å². The molecule has 2 heterocycles. The Balaban J connectivity index is 1.89. The zero-order chi connectivity index (χ0) is 16.2. The van der Waals surface area contributed by atoms with E-state index in [2.05, 4.69) is 52.2 Å². The summed E-state index contributed by atoms with van der Waals surface area (Å²) in [4.78, 5) is 16.8.